The molecule has 1 aromatic heterocycles. The van der Waals surface area contributed by atoms with Gasteiger partial charge in [0.15, 0.2) is 16.7 Å². The lowest BCUT2D eigenvalue weighted by atomic mass is 10.1. The highest BCUT2D eigenvalue weighted by molar-refractivity contribution is 6.30. The molecule has 0 bridgehead atoms. The molecule has 3 N–H and O–H groups in total. The molecule has 0 aliphatic heterocycles. The average Bonchev–Trinajstić information content (AvgIpc) is 2.18. The summed E-state index contributed by atoms with van der Waals surface area (Å²) in [6.07, 6.45) is 1.13. The van der Waals surface area contributed by atoms with Crippen LogP contribution in [0.25, 0.3) is 6.08 Å². The van der Waals surface area contributed by atoms with E-state index in [2.05, 4.69) is 4.98 Å². The van der Waals surface area contributed by atoms with Crippen molar-refractivity contribution < 1.29 is 14.3 Å². The summed E-state index contributed by atoms with van der Waals surface area (Å²) in [4.78, 5) is 14.1. The van der Waals surface area contributed by atoms with E-state index in [1.165, 1.54) is 0 Å². The van der Waals surface area contributed by atoms with Crippen molar-refractivity contribution >= 4 is 40.9 Å². The van der Waals surface area contributed by atoms with Crippen molar-refractivity contribution in [2.24, 2.45) is 0 Å². The SMILES string of the molecule is Nc1c(F)c(Cl)nc(C(=O)O)c1C=CCl. The van der Waals surface area contributed by atoms with Gasteiger partial charge in [-0.25, -0.2) is 14.2 Å². The first kappa shape index (κ1) is 11.7. The zero-order valence-corrected chi connectivity index (χ0v) is 8.68. The van der Waals surface area contributed by atoms with Crippen molar-refractivity contribution in [2.45, 2.75) is 0 Å². The summed E-state index contributed by atoms with van der Waals surface area (Å²) in [5.41, 5.74) is 5.38. The van der Waals surface area contributed by atoms with Gasteiger partial charge >= 0.3 is 5.97 Å². The Labute approximate surface area is 94.1 Å². The van der Waals surface area contributed by atoms with Gasteiger partial charge in [0.2, 0.25) is 0 Å². The Morgan fingerprint density at radius 1 is 1.60 bits per heavy atom. The predicted molar refractivity (Wildman–Crippen MR) is 55.5 cm³/mol. The second-order valence-corrected chi connectivity index (χ2v) is 3.10. The number of nitrogen functional groups attached to an aromatic ring is 1. The van der Waals surface area contributed by atoms with Crippen LogP contribution in [0.5, 0.6) is 0 Å². The predicted octanol–water partition coefficient (Wildman–Crippen LogP) is 2.36. The number of nitrogens with two attached hydrogens (primary N) is 1. The van der Waals surface area contributed by atoms with Crippen LogP contribution in [0.2, 0.25) is 5.15 Å². The molecule has 0 fully saturated rings. The molecular weight excluding hydrogens is 246 g/mol. The van der Waals surface area contributed by atoms with E-state index in [1.807, 2.05) is 0 Å². The number of halogens is 3. The van der Waals surface area contributed by atoms with E-state index in [9.17, 15) is 9.18 Å². The summed E-state index contributed by atoms with van der Waals surface area (Å²) < 4.78 is 13.2. The maximum Gasteiger partial charge on any atom is 0.355 e. The topological polar surface area (TPSA) is 76.2 Å². The summed E-state index contributed by atoms with van der Waals surface area (Å²) in [6, 6.07) is 0. The molecule has 0 saturated heterocycles. The van der Waals surface area contributed by atoms with Crippen LogP contribution < -0.4 is 5.73 Å². The Hall–Kier alpha value is -1.33. The lowest BCUT2D eigenvalue weighted by molar-refractivity contribution is 0.0690. The Morgan fingerprint density at radius 2 is 2.20 bits per heavy atom. The minimum absolute atomic E-state index is 0.112. The van der Waals surface area contributed by atoms with Crippen LogP contribution in [-0.4, -0.2) is 16.1 Å². The first-order valence-corrected chi connectivity index (χ1v) is 4.45. The fraction of sp³-hybridized carbons (Fsp3) is 0. The lowest BCUT2D eigenvalue weighted by Crippen LogP contribution is -2.09. The molecule has 15 heavy (non-hydrogen) atoms. The molecule has 0 atom stereocenters. The van der Waals surface area contributed by atoms with Crippen LogP contribution in [0, 0.1) is 5.82 Å². The highest BCUT2D eigenvalue weighted by Gasteiger charge is 2.19. The Balaban J connectivity index is 3.57. The summed E-state index contributed by atoms with van der Waals surface area (Å²) in [5.74, 6) is -2.33. The van der Waals surface area contributed by atoms with Crippen LogP contribution in [0.3, 0.4) is 0 Å². The van der Waals surface area contributed by atoms with E-state index in [4.69, 9.17) is 34.0 Å². The van der Waals surface area contributed by atoms with Crippen molar-refractivity contribution in [3.05, 3.63) is 27.8 Å². The van der Waals surface area contributed by atoms with Crippen LogP contribution in [0.15, 0.2) is 5.54 Å². The number of carbonyl (C=O) groups is 1. The van der Waals surface area contributed by atoms with Crippen molar-refractivity contribution in [3.8, 4) is 0 Å². The Morgan fingerprint density at radius 3 is 2.67 bits per heavy atom. The van der Waals surface area contributed by atoms with Gasteiger partial charge in [-0.05, 0) is 6.08 Å². The highest BCUT2D eigenvalue weighted by atomic mass is 35.5. The van der Waals surface area contributed by atoms with Crippen LogP contribution in [-0.2, 0) is 0 Å². The normalized spacial score (nSPS) is 10.9. The Bertz CT molecular complexity index is 449. The van der Waals surface area contributed by atoms with Gasteiger partial charge in [-0.1, -0.05) is 23.2 Å². The van der Waals surface area contributed by atoms with Gasteiger partial charge in [-0.3, -0.25) is 0 Å². The number of hydrogen-bond acceptors (Lipinski definition) is 3. The van der Waals surface area contributed by atoms with Crippen molar-refractivity contribution in [1.82, 2.24) is 4.98 Å². The standard InChI is InChI=1S/C8H5Cl2FN2O2/c9-2-1-3-5(12)4(11)7(10)13-6(3)8(14)15/h1-2H,(H2,12,13)(H,14,15). The average molecular weight is 251 g/mol. The fourth-order valence-electron chi connectivity index (χ4n) is 0.959. The third-order valence-electron chi connectivity index (χ3n) is 1.61. The van der Waals surface area contributed by atoms with E-state index in [0.29, 0.717) is 0 Å². The summed E-state index contributed by atoms with van der Waals surface area (Å²) >= 11 is 10.6. The van der Waals surface area contributed by atoms with Gasteiger partial charge in [0.25, 0.3) is 0 Å². The minimum Gasteiger partial charge on any atom is -0.476 e. The molecule has 0 unspecified atom stereocenters. The quantitative estimate of drug-likeness (QED) is 0.791. The number of hydrogen-bond donors (Lipinski definition) is 2. The van der Waals surface area contributed by atoms with Gasteiger partial charge in [0.05, 0.1) is 5.69 Å². The number of aromatic nitrogens is 1. The van der Waals surface area contributed by atoms with Crippen LogP contribution >= 0.6 is 23.2 Å². The Kier molecular flexibility index (Phi) is 3.49. The van der Waals surface area contributed by atoms with Crippen LogP contribution in [0.4, 0.5) is 10.1 Å². The van der Waals surface area contributed by atoms with Gasteiger partial charge in [-0.15, -0.1) is 0 Å². The first-order valence-electron chi connectivity index (χ1n) is 3.63. The molecule has 1 rings (SSSR count). The summed E-state index contributed by atoms with van der Waals surface area (Å²) in [5, 5.41) is 8.17. The van der Waals surface area contributed by atoms with Gasteiger partial charge in [0, 0.05) is 11.1 Å². The molecule has 0 spiro atoms. The summed E-state index contributed by atoms with van der Waals surface area (Å²) in [7, 11) is 0. The van der Waals surface area contributed by atoms with E-state index < -0.39 is 28.3 Å². The molecule has 0 aliphatic rings. The molecule has 7 heteroatoms. The maximum atomic E-state index is 13.2. The van der Waals surface area contributed by atoms with Gasteiger partial charge in [0.1, 0.15) is 0 Å². The highest BCUT2D eigenvalue weighted by Crippen LogP contribution is 2.26. The van der Waals surface area contributed by atoms with Gasteiger partial charge < -0.3 is 10.8 Å². The number of anilines is 1. The van der Waals surface area contributed by atoms with E-state index in [0.717, 1.165) is 11.6 Å². The second kappa shape index (κ2) is 4.46. The van der Waals surface area contributed by atoms with E-state index >= 15 is 0 Å². The third-order valence-corrected chi connectivity index (χ3v) is 1.98. The number of carboxylic acids is 1. The first-order chi connectivity index (χ1) is 6.99. The monoisotopic (exact) mass is 250 g/mol. The minimum atomic E-state index is -1.37. The number of nitrogens with zero attached hydrogens (tertiary/aromatic N) is 1. The third kappa shape index (κ3) is 2.19. The van der Waals surface area contributed by atoms with Gasteiger partial charge in [-0.2, -0.15) is 0 Å². The molecule has 1 aromatic rings. The fourth-order valence-corrected chi connectivity index (χ4v) is 1.27. The number of pyridine rings is 1. The zero-order valence-electron chi connectivity index (χ0n) is 7.17. The number of rotatable bonds is 2. The maximum absolute atomic E-state index is 13.2. The molecule has 1 heterocycles. The molecule has 4 nitrogen and oxygen atoms in total. The number of aromatic carboxylic acids is 1. The second-order valence-electron chi connectivity index (χ2n) is 2.49. The smallest absolute Gasteiger partial charge is 0.355 e. The van der Waals surface area contributed by atoms with E-state index in [1.54, 1.807) is 0 Å². The van der Waals surface area contributed by atoms with Crippen LogP contribution in [0.1, 0.15) is 16.1 Å². The molecule has 0 aliphatic carbocycles. The molecule has 0 amide bonds. The van der Waals surface area contributed by atoms with Crippen molar-refractivity contribution in [1.29, 1.82) is 0 Å². The van der Waals surface area contributed by atoms with Crippen molar-refractivity contribution in [2.75, 3.05) is 5.73 Å². The molecule has 80 valence electrons. The van der Waals surface area contributed by atoms with E-state index in [-0.39, 0.29) is 5.56 Å². The molecule has 0 radical (unpaired) electrons. The van der Waals surface area contributed by atoms with Crippen molar-refractivity contribution in [3.63, 3.8) is 0 Å². The largest absolute Gasteiger partial charge is 0.476 e. The number of carboxylic acid groups (broad SMARTS) is 1. The molecule has 0 saturated carbocycles. The molecule has 0 aromatic carbocycles. The zero-order chi connectivity index (χ0) is 11.6. The molecular formula is C8H5Cl2FN2O2. The lowest BCUT2D eigenvalue weighted by Gasteiger charge is -2.06. The summed E-state index contributed by atoms with van der Waals surface area (Å²) in [6.45, 7) is 0.